The Morgan fingerprint density at radius 1 is 1.21 bits per heavy atom. The van der Waals surface area contributed by atoms with Crippen LogP contribution in [-0.2, 0) is 17.6 Å². The smallest absolute Gasteiger partial charge is 0.251 e. The fourth-order valence-corrected chi connectivity index (χ4v) is 4.87. The number of pyridine rings is 1. The molecule has 0 spiro atoms. The van der Waals surface area contributed by atoms with Crippen molar-refractivity contribution >= 4 is 28.1 Å². The number of carbonyl (C=O) groups is 1. The van der Waals surface area contributed by atoms with Crippen LogP contribution in [0.1, 0.15) is 35.3 Å². The number of rotatable bonds is 5. The maximum atomic E-state index is 12.6. The van der Waals surface area contributed by atoms with Crippen LogP contribution in [0.5, 0.6) is 0 Å². The third-order valence-electron chi connectivity index (χ3n) is 5.72. The summed E-state index contributed by atoms with van der Waals surface area (Å²) in [6, 6.07) is 12.3. The van der Waals surface area contributed by atoms with E-state index in [-0.39, 0.29) is 11.5 Å². The minimum absolute atomic E-state index is 0.0828. The number of nitrogens with one attached hydrogen (secondary N) is 1. The van der Waals surface area contributed by atoms with Gasteiger partial charge in [0.1, 0.15) is 0 Å². The van der Waals surface area contributed by atoms with Gasteiger partial charge in [0.25, 0.3) is 5.56 Å². The maximum Gasteiger partial charge on any atom is 0.251 e. The summed E-state index contributed by atoms with van der Waals surface area (Å²) in [5.41, 5.74) is 2.58. The first-order chi connectivity index (χ1) is 13.6. The molecule has 0 unspecified atom stereocenters. The summed E-state index contributed by atoms with van der Waals surface area (Å²) in [7, 11) is 0. The maximum absolute atomic E-state index is 12.6. The minimum Gasteiger partial charge on any atom is -0.343 e. The summed E-state index contributed by atoms with van der Waals surface area (Å²) < 4.78 is 0. The van der Waals surface area contributed by atoms with Crippen molar-refractivity contribution < 1.29 is 4.79 Å². The Balaban J connectivity index is 1.32. The second kappa shape index (κ2) is 8.31. The van der Waals surface area contributed by atoms with E-state index in [1.165, 1.54) is 4.88 Å². The lowest BCUT2D eigenvalue weighted by atomic mass is 9.92. The van der Waals surface area contributed by atoms with E-state index in [4.69, 9.17) is 0 Å². The molecule has 3 aromatic rings. The van der Waals surface area contributed by atoms with Gasteiger partial charge < -0.3 is 9.88 Å². The summed E-state index contributed by atoms with van der Waals surface area (Å²) in [6.45, 7) is 3.68. The molecule has 4 rings (SSSR count). The highest BCUT2D eigenvalue weighted by Crippen LogP contribution is 2.24. The predicted molar refractivity (Wildman–Crippen MR) is 115 cm³/mol. The zero-order chi connectivity index (χ0) is 19.5. The van der Waals surface area contributed by atoms with Gasteiger partial charge in [0, 0.05) is 35.5 Å². The van der Waals surface area contributed by atoms with Gasteiger partial charge >= 0.3 is 0 Å². The number of benzene rings is 1. The first-order valence-corrected chi connectivity index (χ1v) is 10.9. The van der Waals surface area contributed by atoms with E-state index in [2.05, 4.69) is 22.5 Å². The Morgan fingerprint density at radius 3 is 2.79 bits per heavy atom. The predicted octanol–water partition coefficient (Wildman–Crippen LogP) is 4.31. The Hall–Kier alpha value is -2.40. The molecule has 1 amide bonds. The highest BCUT2D eigenvalue weighted by molar-refractivity contribution is 7.09. The van der Waals surface area contributed by atoms with Crippen LogP contribution >= 0.6 is 11.3 Å². The van der Waals surface area contributed by atoms with E-state index < -0.39 is 0 Å². The van der Waals surface area contributed by atoms with E-state index >= 15 is 0 Å². The number of hydrogen-bond acceptors (Lipinski definition) is 3. The molecular formula is C23H26N2O2S. The van der Waals surface area contributed by atoms with E-state index in [1.807, 2.05) is 47.4 Å². The minimum atomic E-state index is -0.0828. The Morgan fingerprint density at radius 2 is 2.04 bits per heavy atom. The van der Waals surface area contributed by atoms with Gasteiger partial charge in [-0.15, -0.1) is 11.3 Å². The molecule has 1 aromatic carbocycles. The zero-order valence-electron chi connectivity index (χ0n) is 16.2. The normalized spacial score (nSPS) is 15.2. The Bertz CT molecular complexity index is 1010. The van der Waals surface area contributed by atoms with Gasteiger partial charge in [-0.2, -0.15) is 0 Å². The van der Waals surface area contributed by atoms with E-state index in [0.717, 1.165) is 48.8 Å². The van der Waals surface area contributed by atoms with Crippen molar-refractivity contribution in [2.24, 2.45) is 5.92 Å². The van der Waals surface area contributed by atoms with Crippen LogP contribution in [0, 0.1) is 12.8 Å². The molecule has 0 bridgehead atoms. The van der Waals surface area contributed by atoms with E-state index in [0.29, 0.717) is 24.3 Å². The number of hydrogen-bond donors (Lipinski definition) is 1. The number of piperidine rings is 1. The molecule has 2 aromatic heterocycles. The molecule has 0 aliphatic carbocycles. The van der Waals surface area contributed by atoms with Gasteiger partial charge in [0.15, 0.2) is 0 Å². The molecule has 3 heterocycles. The number of aromatic amines is 1. The molecule has 0 saturated carbocycles. The number of aromatic nitrogens is 1. The third-order valence-corrected chi connectivity index (χ3v) is 6.62. The molecule has 146 valence electrons. The first-order valence-electron chi connectivity index (χ1n) is 10.0. The Kier molecular flexibility index (Phi) is 5.62. The number of fused-ring (bicyclic) bond motifs is 1. The summed E-state index contributed by atoms with van der Waals surface area (Å²) in [4.78, 5) is 31.3. The van der Waals surface area contributed by atoms with Crippen LogP contribution in [0.4, 0.5) is 0 Å². The molecule has 0 atom stereocenters. The van der Waals surface area contributed by atoms with Crippen LogP contribution in [0.2, 0.25) is 0 Å². The number of nitrogens with zero attached hydrogens (tertiary/aromatic N) is 1. The lowest BCUT2D eigenvalue weighted by Crippen LogP contribution is -2.39. The van der Waals surface area contributed by atoms with Gasteiger partial charge in [-0.3, -0.25) is 9.59 Å². The van der Waals surface area contributed by atoms with Gasteiger partial charge in [-0.1, -0.05) is 18.2 Å². The average molecular weight is 395 g/mol. The quantitative estimate of drug-likeness (QED) is 0.701. The largest absolute Gasteiger partial charge is 0.343 e. The fourth-order valence-electron chi connectivity index (χ4n) is 4.05. The highest BCUT2D eigenvalue weighted by atomic mass is 32.1. The molecule has 1 N–H and O–H groups in total. The van der Waals surface area contributed by atoms with Crippen molar-refractivity contribution in [3.63, 3.8) is 0 Å². The van der Waals surface area contributed by atoms with Crippen LogP contribution in [0.3, 0.4) is 0 Å². The molecule has 4 nitrogen and oxygen atoms in total. The van der Waals surface area contributed by atoms with E-state index in [9.17, 15) is 9.59 Å². The SMILES string of the molecule is Cc1ccc2cc(CCC(=O)N3CCC(Cc4cccs4)CC3)c(=O)[nH]c2c1. The second-order valence-electron chi connectivity index (χ2n) is 7.82. The summed E-state index contributed by atoms with van der Waals surface area (Å²) >= 11 is 1.82. The first kappa shape index (κ1) is 18.9. The zero-order valence-corrected chi connectivity index (χ0v) is 17.1. The van der Waals surface area contributed by atoms with Crippen molar-refractivity contribution in [1.29, 1.82) is 0 Å². The van der Waals surface area contributed by atoms with Crippen LogP contribution in [0.25, 0.3) is 10.9 Å². The number of likely N-dealkylation sites (tertiary alicyclic amines) is 1. The van der Waals surface area contributed by atoms with Gasteiger partial charge in [-0.05, 0) is 73.1 Å². The van der Waals surface area contributed by atoms with Crippen molar-refractivity contribution in [3.05, 3.63) is 68.1 Å². The van der Waals surface area contributed by atoms with Crippen LogP contribution in [0.15, 0.2) is 46.6 Å². The van der Waals surface area contributed by atoms with Gasteiger partial charge in [0.05, 0.1) is 0 Å². The second-order valence-corrected chi connectivity index (χ2v) is 8.85. The fraction of sp³-hybridized carbons (Fsp3) is 0.391. The molecule has 5 heteroatoms. The van der Waals surface area contributed by atoms with Crippen molar-refractivity contribution in [1.82, 2.24) is 9.88 Å². The number of thiophene rings is 1. The molecule has 0 radical (unpaired) electrons. The summed E-state index contributed by atoms with van der Waals surface area (Å²) in [5.74, 6) is 0.840. The van der Waals surface area contributed by atoms with Crippen molar-refractivity contribution in [3.8, 4) is 0 Å². The third kappa shape index (κ3) is 4.36. The van der Waals surface area contributed by atoms with Crippen molar-refractivity contribution in [2.75, 3.05) is 13.1 Å². The number of carbonyl (C=O) groups excluding carboxylic acids is 1. The lowest BCUT2D eigenvalue weighted by molar-refractivity contribution is -0.132. The van der Waals surface area contributed by atoms with E-state index in [1.54, 1.807) is 0 Å². The molecule has 1 aliphatic rings. The molecule has 1 saturated heterocycles. The monoisotopic (exact) mass is 394 g/mol. The van der Waals surface area contributed by atoms with Crippen LogP contribution in [-0.4, -0.2) is 28.9 Å². The highest BCUT2D eigenvalue weighted by Gasteiger charge is 2.23. The molecule has 1 aliphatic heterocycles. The number of amides is 1. The average Bonchev–Trinajstić information content (AvgIpc) is 3.20. The Labute approximate surface area is 169 Å². The molecule has 1 fully saturated rings. The summed E-state index contributed by atoms with van der Waals surface area (Å²) in [6.07, 6.45) is 4.16. The van der Waals surface area contributed by atoms with Gasteiger partial charge in [0.2, 0.25) is 5.91 Å². The van der Waals surface area contributed by atoms with Crippen molar-refractivity contribution in [2.45, 2.75) is 39.0 Å². The topological polar surface area (TPSA) is 53.2 Å². The number of H-pyrrole nitrogens is 1. The van der Waals surface area contributed by atoms with Crippen LogP contribution < -0.4 is 5.56 Å². The van der Waals surface area contributed by atoms with Gasteiger partial charge in [-0.25, -0.2) is 0 Å². The summed E-state index contributed by atoms with van der Waals surface area (Å²) in [5, 5.41) is 3.14. The number of aryl methyl sites for hydroxylation is 2. The molecular weight excluding hydrogens is 368 g/mol. The lowest BCUT2D eigenvalue weighted by Gasteiger charge is -2.32. The molecule has 28 heavy (non-hydrogen) atoms. The standard InChI is InChI=1S/C23H26N2O2S/c1-16-4-5-18-15-19(23(27)24-21(18)13-16)6-7-22(26)25-10-8-17(9-11-25)14-20-3-2-12-28-20/h2-5,12-13,15,17H,6-11,14H2,1H3,(H,24,27).